The molecule has 0 bridgehead atoms. The van der Waals surface area contributed by atoms with Gasteiger partial charge in [-0.1, -0.05) is 6.92 Å². The molecule has 0 saturated carbocycles. The highest BCUT2D eigenvalue weighted by atomic mass is 16.5. The minimum absolute atomic E-state index is 0.0397. The van der Waals surface area contributed by atoms with Crippen LogP contribution in [0.2, 0.25) is 0 Å². The lowest BCUT2D eigenvalue weighted by molar-refractivity contribution is -0.148. The van der Waals surface area contributed by atoms with Crippen LogP contribution in [-0.4, -0.2) is 49.8 Å². The first-order chi connectivity index (χ1) is 7.96. The van der Waals surface area contributed by atoms with Gasteiger partial charge in [-0.15, -0.1) is 0 Å². The Morgan fingerprint density at radius 1 is 1.24 bits per heavy atom. The number of methoxy groups -OCH3 is 2. The number of hydrogen-bond acceptors (Lipinski definition) is 6. The number of nitrogens with one attached hydrogen (secondary N) is 1. The van der Waals surface area contributed by atoms with Crippen LogP contribution < -0.4 is 5.32 Å². The maximum atomic E-state index is 11.4. The zero-order valence-electron chi connectivity index (χ0n) is 10.1. The Labute approximate surface area is 99.1 Å². The monoisotopic (exact) mass is 247 g/mol. The zero-order chi connectivity index (χ0) is 13.4. The molecule has 0 saturated heterocycles. The normalized spacial score (nSPS) is 13.4. The maximum absolute atomic E-state index is 11.4. The Balaban J connectivity index is 4.61. The van der Waals surface area contributed by atoms with Crippen LogP contribution in [-0.2, 0) is 23.9 Å². The SMILES string of the molecule is COC(=O)C[C@@H](C)[C@H](NC(=O)CO)C(=O)OC. The molecule has 98 valence electrons. The number of aliphatic hydroxyl groups excluding tert-OH is 1. The van der Waals surface area contributed by atoms with E-state index in [0.717, 1.165) is 0 Å². The molecule has 1 amide bonds. The molecule has 17 heavy (non-hydrogen) atoms. The molecule has 0 aliphatic carbocycles. The van der Waals surface area contributed by atoms with Crippen molar-refractivity contribution >= 4 is 17.8 Å². The van der Waals surface area contributed by atoms with Gasteiger partial charge in [-0.05, 0) is 5.92 Å². The van der Waals surface area contributed by atoms with Crippen molar-refractivity contribution in [2.45, 2.75) is 19.4 Å². The van der Waals surface area contributed by atoms with Crippen molar-refractivity contribution < 1.29 is 29.0 Å². The van der Waals surface area contributed by atoms with Gasteiger partial charge in [0.1, 0.15) is 12.6 Å². The van der Waals surface area contributed by atoms with Gasteiger partial charge in [0.05, 0.1) is 20.6 Å². The van der Waals surface area contributed by atoms with Gasteiger partial charge in [-0.2, -0.15) is 0 Å². The molecule has 7 nitrogen and oxygen atoms in total. The highest BCUT2D eigenvalue weighted by Crippen LogP contribution is 2.10. The molecule has 0 aliphatic heterocycles. The van der Waals surface area contributed by atoms with Gasteiger partial charge in [0.15, 0.2) is 0 Å². The molecule has 7 heteroatoms. The van der Waals surface area contributed by atoms with E-state index in [2.05, 4.69) is 14.8 Å². The zero-order valence-corrected chi connectivity index (χ0v) is 10.1. The summed E-state index contributed by atoms with van der Waals surface area (Å²) in [6.07, 6.45) is -0.0397. The molecule has 0 aliphatic rings. The molecule has 0 heterocycles. The largest absolute Gasteiger partial charge is 0.469 e. The predicted octanol–water partition coefficient (Wildman–Crippen LogP) is -1.16. The molecule has 0 aromatic heterocycles. The maximum Gasteiger partial charge on any atom is 0.328 e. The average molecular weight is 247 g/mol. The van der Waals surface area contributed by atoms with Gasteiger partial charge >= 0.3 is 11.9 Å². The van der Waals surface area contributed by atoms with E-state index in [1.165, 1.54) is 14.2 Å². The molecule has 0 fully saturated rings. The van der Waals surface area contributed by atoms with Crippen LogP contribution in [0.3, 0.4) is 0 Å². The summed E-state index contributed by atoms with van der Waals surface area (Å²) in [6, 6.07) is -0.987. The summed E-state index contributed by atoms with van der Waals surface area (Å²) in [5.41, 5.74) is 0. The third-order valence-corrected chi connectivity index (χ3v) is 2.20. The van der Waals surface area contributed by atoms with E-state index >= 15 is 0 Å². The Morgan fingerprint density at radius 2 is 1.82 bits per heavy atom. The van der Waals surface area contributed by atoms with Crippen molar-refractivity contribution in [3.63, 3.8) is 0 Å². The second-order valence-corrected chi connectivity index (χ2v) is 3.48. The second-order valence-electron chi connectivity index (χ2n) is 3.48. The molecular weight excluding hydrogens is 230 g/mol. The van der Waals surface area contributed by atoms with Crippen LogP contribution in [0.5, 0.6) is 0 Å². The molecular formula is C10H17NO6. The fraction of sp³-hybridized carbons (Fsp3) is 0.700. The van der Waals surface area contributed by atoms with Crippen LogP contribution in [0.1, 0.15) is 13.3 Å². The van der Waals surface area contributed by atoms with E-state index in [9.17, 15) is 14.4 Å². The van der Waals surface area contributed by atoms with E-state index in [1.54, 1.807) is 6.92 Å². The lowest BCUT2D eigenvalue weighted by atomic mass is 9.98. The van der Waals surface area contributed by atoms with Gasteiger partial charge in [-0.3, -0.25) is 9.59 Å². The van der Waals surface area contributed by atoms with Crippen molar-refractivity contribution in [1.29, 1.82) is 0 Å². The minimum atomic E-state index is -0.987. The van der Waals surface area contributed by atoms with E-state index < -0.39 is 36.4 Å². The topological polar surface area (TPSA) is 102 Å². The first kappa shape index (κ1) is 15.4. The van der Waals surface area contributed by atoms with Gasteiger partial charge in [-0.25, -0.2) is 4.79 Å². The number of hydrogen-bond donors (Lipinski definition) is 2. The lowest BCUT2D eigenvalue weighted by Gasteiger charge is -2.21. The van der Waals surface area contributed by atoms with Crippen LogP contribution in [0.4, 0.5) is 0 Å². The van der Waals surface area contributed by atoms with Gasteiger partial charge in [0.25, 0.3) is 0 Å². The summed E-state index contributed by atoms with van der Waals surface area (Å²) in [5.74, 6) is -2.38. The molecule has 0 rings (SSSR count). The summed E-state index contributed by atoms with van der Waals surface area (Å²) in [6.45, 7) is 0.856. The number of carbonyl (C=O) groups excluding carboxylic acids is 3. The van der Waals surface area contributed by atoms with Crippen LogP contribution in [0.15, 0.2) is 0 Å². The Morgan fingerprint density at radius 3 is 2.24 bits per heavy atom. The van der Waals surface area contributed by atoms with Crippen molar-refractivity contribution in [2.24, 2.45) is 5.92 Å². The van der Waals surface area contributed by atoms with Crippen molar-refractivity contribution in [2.75, 3.05) is 20.8 Å². The van der Waals surface area contributed by atoms with E-state index in [0.29, 0.717) is 0 Å². The third-order valence-electron chi connectivity index (χ3n) is 2.20. The van der Waals surface area contributed by atoms with Crippen molar-refractivity contribution in [3.8, 4) is 0 Å². The number of rotatable bonds is 6. The second kappa shape index (κ2) is 7.61. The molecule has 2 N–H and O–H groups in total. The first-order valence-corrected chi connectivity index (χ1v) is 5.01. The molecule has 0 aromatic carbocycles. The fourth-order valence-electron chi connectivity index (χ4n) is 1.24. The van der Waals surface area contributed by atoms with Crippen LogP contribution >= 0.6 is 0 Å². The molecule has 0 aromatic rings. The molecule has 0 spiro atoms. The number of amides is 1. The highest BCUT2D eigenvalue weighted by molar-refractivity contribution is 5.85. The summed E-state index contributed by atoms with van der Waals surface area (Å²) < 4.78 is 8.97. The smallest absolute Gasteiger partial charge is 0.328 e. The molecule has 2 atom stereocenters. The van der Waals surface area contributed by atoms with Crippen LogP contribution in [0, 0.1) is 5.92 Å². The number of carbonyl (C=O) groups is 3. The third kappa shape index (κ3) is 5.30. The van der Waals surface area contributed by atoms with E-state index in [-0.39, 0.29) is 6.42 Å². The Hall–Kier alpha value is -1.63. The Kier molecular flexibility index (Phi) is 6.88. The molecule has 0 radical (unpaired) electrons. The highest BCUT2D eigenvalue weighted by Gasteiger charge is 2.29. The Bertz CT molecular complexity index is 291. The number of aliphatic hydroxyl groups is 1. The van der Waals surface area contributed by atoms with Crippen molar-refractivity contribution in [3.05, 3.63) is 0 Å². The minimum Gasteiger partial charge on any atom is -0.469 e. The summed E-state index contributed by atoms with van der Waals surface area (Å²) in [5, 5.41) is 10.9. The molecule has 0 unspecified atom stereocenters. The first-order valence-electron chi connectivity index (χ1n) is 5.01. The van der Waals surface area contributed by atoms with Crippen molar-refractivity contribution in [1.82, 2.24) is 5.32 Å². The average Bonchev–Trinajstić information content (AvgIpc) is 2.33. The van der Waals surface area contributed by atoms with E-state index in [4.69, 9.17) is 5.11 Å². The van der Waals surface area contributed by atoms with E-state index in [1.807, 2.05) is 0 Å². The standard InChI is InChI=1S/C10H17NO6/c1-6(4-8(14)16-2)9(10(15)17-3)11-7(13)5-12/h6,9,12H,4-5H2,1-3H3,(H,11,13)/t6-,9+/m1/s1. The summed E-state index contributed by atoms with van der Waals surface area (Å²) >= 11 is 0. The van der Waals surface area contributed by atoms with Gasteiger partial charge in [0, 0.05) is 0 Å². The van der Waals surface area contributed by atoms with Gasteiger partial charge < -0.3 is 19.9 Å². The summed E-state index contributed by atoms with van der Waals surface area (Å²) in [7, 11) is 2.40. The summed E-state index contributed by atoms with van der Waals surface area (Å²) in [4.78, 5) is 33.5. The lowest BCUT2D eigenvalue weighted by Crippen LogP contribution is -2.47. The number of ether oxygens (including phenoxy) is 2. The quantitative estimate of drug-likeness (QED) is 0.574. The van der Waals surface area contributed by atoms with Crippen LogP contribution in [0.25, 0.3) is 0 Å². The number of esters is 2. The predicted molar refractivity (Wildman–Crippen MR) is 56.8 cm³/mol. The van der Waals surface area contributed by atoms with Gasteiger partial charge in [0.2, 0.25) is 5.91 Å². The fourth-order valence-corrected chi connectivity index (χ4v) is 1.24.